The predicted molar refractivity (Wildman–Crippen MR) is 105 cm³/mol. The van der Waals surface area contributed by atoms with Crippen LogP contribution in [0.25, 0.3) is 0 Å². The van der Waals surface area contributed by atoms with Crippen molar-refractivity contribution >= 4 is 28.3 Å². The van der Waals surface area contributed by atoms with Gasteiger partial charge in [-0.05, 0) is 30.7 Å². The number of carbonyl (C=O) groups is 2. The number of nitrogens with zero attached hydrogens (tertiary/aromatic N) is 5. The van der Waals surface area contributed by atoms with Crippen molar-refractivity contribution in [3.05, 3.63) is 5.01 Å². The number of rotatable bonds is 3. The Morgan fingerprint density at radius 1 is 1.19 bits per heavy atom. The summed E-state index contributed by atoms with van der Waals surface area (Å²) in [5.74, 6) is -0.149. The van der Waals surface area contributed by atoms with E-state index in [0.29, 0.717) is 11.7 Å². The quantitative estimate of drug-likeness (QED) is 0.784. The Bertz CT molecular complexity index is 747. The molecule has 3 aliphatic heterocycles. The highest BCUT2D eigenvalue weighted by atomic mass is 32.1. The molecule has 148 valence electrons. The molecule has 0 radical (unpaired) electrons. The molecule has 8 heteroatoms. The standard InChI is InChI=1S/C19H29N5O2S/c1-5-14-20-21-17(27-14)24-7-13(6-15(24)25)16(26)23-11-18(2)8-19(3,12-23)10-22(4)9-18/h13H,5-12H2,1-4H3. The Hall–Kier alpha value is -1.54. The molecule has 1 aromatic heterocycles. The van der Waals surface area contributed by atoms with Gasteiger partial charge >= 0.3 is 0 Å². The lowest BCUT2D eigenvalue weighted by Crippen LogP contribution is -2.63. The van der Waals surface area contributed by atoms with Crippen LogP contribution < -0.4 is 4.90 Å². The molecule has 1 aromatic rings. The zero-order chi connectivity index (χ0) is 19.4. The van der Waals surface area contributed by atoms with Gasteiger partial charge in [0.25, 0.3) is 0 Å². The van der Waals surface area contributed by atoms with Gasteiger partial charge in [-0.2, -0.15) is 0 Å². The first-order valence-electron chi connectivity index (χ1n) is 9.80. The number of carbonyl (C=O) groups excluding carboxylic acids is 2. The third-order valence-corrected chi connectivity index (χ3v) is 7.17. The Kier molecular flexibility index (Phi) is 4.54. The van der Waals surface area contributed by atoms with E-state index in [1.165, 1.54) is 11.3 Å². The highest BCUT2D eigenvalue weighted by Crippen LogP contribution is 2.45. The fourth-order valence-electron chi connectivity index (χ4n) is 5.66. The summed E-state index contributed by atoms with van der Waals surface area (Å²) in [5, 5.41) is 9.80. The van der Waals surface area contributed by atoms with Gasteiger partial charge in [-0.3, -0.25) is 14.5 Å². The highest BCUT2D eigenvalue weighted by molar-refractivity contribution is 7.15. The molecule has 27 heavy (non-hydrogen) atoms. The van der Waals surface area contributed by atoms with E-state index >= 15 is 0 Å². The first-order valence-corrected chi connectivity index (χ1v) is 10.6. The summed E-state index contributed by atoms with van der Waals surface area (Å²) < 4.78 is 0. The van der Waals surface area contributed by atoms with Gasteiger partial charge in [0, 0.05) is 39.1 Å². The number of piperidine rings is 2. The third kappa shape index (κ3) is 3.49. The van der Waals surface area contributed by atoms with Crippen molar-refractivity contribution in [2.45, 2.75) is 40.0 Å². The maximum Gasteiger partial charge on any atom is 0.229 e. The number of hydrogen-bond acceptors (Lipinski definition) is 6. The summed E-state index contributed by atoms with van der Waals surface area (Å²) >= 11 is 1.45. The van der Waals surface area contributed by atoms with Gasteiger partial charge in [0.2, 0.25) is 16.9 Å². The number of hydrogen-bond donors (Lipinski definition) is 0. The number of fused-ring (bicyclic) bond motifs is 2. The molecule has 3 unspecified atom stereocenters. The van der Waals surface area contributed by atoms with Crippen LogP contribution in [0.5, 0.6) is 0 Å². The average Bonchev–Trinajstić information content (AvgIpc) is 3.17. The first-order chi connectivity index (χ1) is 12.7. The van der Waals surface area contributed by atoms with E-state index in [4.69, 9.17) is 0 Å². The molecule has 0 N–H and O–H groups in total. The van der Waals surface area contributed by atoms with Crippen LogP contribution in [0.3, 0.4) is 0 Å². The van der Waals surface area contributed by atoms with Crippen molar-refractivity contribution in [1.29, 1.82) is 0 Å². The number of anilines is 1. The SMILES string of the molecule is CCc1nnc(N2CC(C(=O)N3CC4(C)CN(C)CC(C)(C3)C4)CC2=O)s1. The molecule has 0 spiro atoms. The summed E-state index contributed by atoms with van der Waals surface area (Å²) in [5.41, 5.74) is 0.264. The predicted octanol–water partition coefficient (Wildman–Crippen LogP) is 1.64. The topological polar surface area (TPSA) is 69.6 Å². The number of likely N-dealkylation sites (tertiary alicyclic amines) is 2. The largest absolute Gasteiger partial charge is 0.341 e. The lowest BCUT2D eigenvalue weighted by molar-refractivity contribution is -0.148. The molecule has 3 fully saturated rings. The summed E-state index contributed by atoms with van der Waals surface area (Å²) in [6.45, 7) is 10.7. The maximum absolute atomic E-state index is 13.3. The second-order valence-electron chi connectivity index (χ2n) is 9.40. The normalized spacial score (nSPS) is 34.4. The lowest BCUT2D eigenvalue weighted by Gasteiger charge is -2.56. The molecular formula is C19H29N5O2S. The van der Waals surface area contributed by atoms with E-state index in [0.717, 1.165) is 44.0 Å². The molecule has 2 amide bonds. The van der Waals surface area contributed by atoms with Gasteiger partial charge in [0.1, 0.15) is 5.01 Å². The van der Waals surface area contributed by atoms with E-state index in [1.54, 1.807) is 4.90 Å². The van der Waals surface area contributed by atoms with E-state index in [1.807, 2.05) is 11.8 Å². The lowest BCUT2D eigenvalue weighted by atomic mass is 9.65. The summed E-state index contributed by atoms with van der Waals surface area (Å²) in [7, 11) is 2.17. The average molecular weight is 392 g/mol. The monoisotopic (exact) mass is 391 g/mol. The van der Waals surface area contributed by atoms with Crippen molar-refractivity contribution in [2.24, 2.45) is 16.7 Å². The van der Waals surface area contributed by atoms with E-state index in [-0.39, 0.29) is 35.0 Å². The van der Waals surface area contributed by atoms with Gasteiger partial charge in [-0.25, -0.2) is 0 Å². The summed E-state index contributed by atoms with van der Waals surface area (Å²) in [6, 6.07) is 0. The molecule has 0 saturated carbocycles. The third-order valence-electron chi connectivity index (χ3n) is 6.08. The molecule has 3 saturated heterocycles. The Balaban J connectivity index is 1.48. The van der Waals surface area contributed by atoms with Crippen molar-refractivity contribution < 1.29 is 9.59 Å². The van der Waals surface area contributed by atoms with Crippen LogP contribution >= 0.6 is 11.3 Å². The minimum absolute atomic E-state index is 0.0125. The maximum atomic E-state index is 13.3. The molecule has 3 atom stereocenters. The molecule has 3 aliphatic rings. The minimum atomic E-state index is -0.268. The molecule has 0 aliphatic carbocycles. The first kappa shape index (κ1) is 18.8. The summed E-state index contributed by atoms with van der Waals surface area (Å²) in [6.07, 6.45) is 2.25. The Labute approximate surface area is 164 Å². The van der Waals surface area contributed by atoms with Crippen LogP contribution in [0, 0.1) is 16.7 Å². The van der Waals surface area contributed by atoms with Crippen LogP contribution in [0.15, 0.2) is 0 Å². The van der Waals surface area contributed by atoms with Crippen LogP contribution in [-0.4, -0.2) is 71.6 Å². The zero-order valence-electron chi connectivity index (χ0n) is 16.7. The van der Waals surface area contributed by atoms with Gasteiger partial charge in [0.05, 0.1) is 5.92 Å². The summed E-state index contributed by atoms with van der Waals surface area (Å²) in [4.78, 5) is 31.9. The molecule has 0 aromatic carbocycles. The van der Waals surface area contributed by atoms with Gasteiger partial charge < -0.3 is 9.80 Å². The van der Waals surface area contributed by atoms with Gasteiger partial charge in [0.15, 0.2) is 0 Å². The molecular weight excluding hydrogens is 362 g/mol. The fourth-order valence-corrected chi connectivity index (χ4v) is 6.46. The molecule has 2 bridgehead atoms. The van der Waals surface area contributed by atoms with Crippen LogP contribution in [0.4, 0.5) is 5.13 Å². The molecule has 4 rings (SSSR count). The van der Waals surface area contributed by atoms with E-state index in [9.17, 15) is 9.59 Å². The Morgan fingerprint density at radius 3 is 2.44 bits per heavy atom. The zero-order valence-corrected chi connectivity index (χ0v) is 17.5. The van der Waals surface area contributed by atoms with Crippen molar-refractivity contribution in [2.75, 3.05) is 44.7 Å². The fraction of sp³-hybridized carbons (Fsp3) is 0.789. The molecule has 4 heterocycles. The second kappa shape index (κ2) is 6.51. The van der Waals surface area contributed by atoms with Gasteiger partial charge in [-0.15, -0.1) is 10.2 Å². The minimum Gasteiger partial charge on any atom is -0.341 e. The van der Waals surface area contributed by atoms with Crippen molar-refractivity contribution in [3.8, 4) is 0 Å². The smallest absolute Gasteiger partial charge is 0.229 e. The number of aryl methyl sites for hydroxylation is 1. The van der Waals surface area contributed by atoms with Crippen LogP contribution in [-0.2, 0) is 16.0 Å². The van der Waals surface area contributed by atoms with E-state index in [2.05, 4.69) is 36.0 Å². The van der Waals surface area contributed by atoms with E-state index < -0.39 is 0 Å². The van der Waals surface area contributed by atoms with Crippen molar-refractivity contribution in [1.82, 2.24) is 20.0 Å². The second-order valence-corrected chi connectivity index (χ2v) is 10.4. The number of amides is 2. The van der Waals surface area contributed by atoms with Crippen molar-refractivity contribution in [3.63, 3.8) is 0 Å². The highest BCUT2D eigenvalue weighted by Gasteiger charge is 2.50. The van der Waals surface area contributed by atoms with Crippen LogP contribution in [0.2, 0.25) is 0 Å². The molecule has 7 nitrogen and oxygen atoms in total. The van der Waals surface area contributed by atoms with Gasteiger partial charge in [-0.1, -0.05) is 32.1 Å². The Morgan fingerprint density at radius 2 is 1.85 bits per heavy atom. The van der Waals surface area contributed by atoms with Crippen LogP contribution in [0.1, 0.15) is 38.6 Å². The number of aromatic nitrogens is 2.